The summed E-state index contributed by atoms with van der Waals surface area (Å²) in [4.78, 5) is 10.8. The van der Waals surface area contributed by atoms with Crippen molar-refractivity contribution in [1.29, 1.82) is 0 Å². The largest absolute Gasteiger partial charge is 0.465 e. The van der Waals surface area contributed by atoms with E-state index in [0.29, 0.717) is 19.4 Å². The molecule has 0 aromatic carbocycles. The van der Waals surface area contributed by atoms with Crippen molar-refractivity contribution < 1.29 is 18.3 Å². The summed E-state index contributed by atoms with van der Waals surface area (Å²) in [5.41, 5.74) is 0. The molecule has 0 aromatic heterocycles. The minimum atomic E-state index is -2.53. The molecule has 0 fully saturated rings. The first kappa shape index (κ1) is 16.7. The third-order valence-electron chi connectivity index (χ3n) is 2.18. The van der Waals surface area contributed by atoms with Crippen LogP contribution in [-0.2, 0) is 9.53 Å². The quantitative estimate of drug-likeness (QED) is 0.444. The second-order valence-electron chi connectivity index (χ2n) is 4.07. The zero-order valence-corrected chi connectivity index (χ0v) is 11.5. The first-order chi connectivity index (χ1) is 7.95. The number of carbonyl (C=O) groups is 1. The Hall–Kier alpha value is -0.320. The Bertz CT molecular complexity index is 205. The molecule has 5 heteroatoms. The summed E-state index contributed by atoms with van der Waals surface area (Å²) in [6.45, 7) is 3.17. The van der Waals surface area contributed by atoms with Crippen molar-refractivity contribution in [3.05, 3.63) is 0 Å². The highest BCUT2D eigenvalue weighted by molar-refractivity contribution is 7.99. The smallest absolute Gasteiger partial charge is 0.305 e. The summed E-state index contributed by atoms with van der Waals surface area (Å²) in [6.07, 6.45) is 2.75. The lowest BCUT2D eigenvalue weighted by Gasteiger charge is -2.09. The SMILES string of the molecule is CCC(=O)OCCSCCCCCC(C)(F)F. The molecule has 0 aliphatic carbocycles. The van der Waals surface area contributed by atoms with Gasteiger partial charge in [0, 0.05) is 18.6 Å². The molecule has 2 nitrogen and oxygen atoms in total. The number of alkyl halides is 2. The fourth-order valence-electron chi connectivity index (χ4n) is 1.23. The average Bonchev–Trinajstić information content (AvgIpc) is 2.25. The van der Waals surface area contributed by atoms with E-state index >= 15 is 0 Å². The summed E-state index contributed by atoms with van der Waals surface area (Å²) < 4.78 is 29.8. The number of ether oxygens (including phenoxy) is 1. The van der Waals surface area contributed by atoms with Gasteiger partial charge in [-0.15, -0.1) is 0 Å². The van der Waals surface area contributed by atoms with Gasteiger partial charge in [0.05, 0.1) is 0 Å². The van der Waals surface area contributed by atoms with E-state index in [9.17, 15) is 13.6 Å². The van der Waals surface area contributed by atoms with Crippen LogP contribution in [0.5, 0.6) is 0 Å². The lowest BCUT2D eigenvalue weighted by atomic mass is 10.1. The number of esters is 1. The molecule has 0 radical (unpaired) electrons. The highest BCUT2D eigenvalue weighted by Gasteiger charge is 2.19. The van der Waals surface area contributed by atoms with Crippen molar-refractivity contribution in [2.45, 2.75) is 51.9 Å². The van der Waals surface area contributed by atoms with Crippen molar-refractivity contribution >= 4 is 17.7 Å². The van der Waals surface area contributed by atoms with Gasteiger partial charge in [-0.3, -0.25) is 4.79 Å². The summed E-state index contributed by atoms with van der Waals surface area (Å²) in [5, 5.41) is 0. The Morgan fingerprint density at radius 1 is 1.24 bits per heavy atom. The molecule has 0 aliphatic heterocycles. The van der Waals surface area contributed by atoms with Gasteiger partial charge in [-0.05, 0) is 25.5 Å². The molecule has 0 aromatic rings. The standard InChI is InChI=1S/C12H22F2O2S/c1-3-11(15)16-8-10-17-9-6-4-5-7-12(2,13)14/h3-10H2,1-2H3. The zero-order valence-electron chi connectivity index (χ0n) is 10.6. The third-order valence-corrected chi connectivity index (χ3v) is 3.22. The molecule has 0 bridgehead atoms. The summed E-state index contributed by atoms with van der Waals surface area (Å²) in [7, 11) is 0. The Balaban J connectivity index is 3.12. The van der Waals surface area contributed by atoms with Crippen molar-refractivity contribution in [2.75, 3.05) is 18.1 Å². The number of rotatable bonds is 10. The third kappa shape index (κ3) is 13.6. The fraction of sp³-hybridized carbons (Fsp3) is 0.917. The summed E-state index contributed by atoms with van der Waals surface area (Å²) in [5.74, 6) is -0.966. The second kappa shape index (κ2) is 9.68. The zero-order chi connectivity index (χ0) is 13.1. The number of thioether (sulfide) groups is 1. The normalized spacial score (nSPS) is 11.5. The second-order valence-corrected chi connectivity index (χ2v) is 5.29. The van der Waals surface area contributed by atoms with Gasteiger partial charge in [0.25, 0.3) is 0 Å². The summed E-state index contributed by atoms with van der Waals surface area (Å²) >= 11 is 1.70. The van der Waals surface area contributed by atoms with E-state index in [1.165, 1.54) is 0 Å². The van der Waals surface area contributed by atoms with Crippen LogP contribution in [-0.4, -0.2) is 30.0 Å². The molecular formula is C12H22F2O2S. The van der Waals surface area contributed by atoms with Crippen molar-refractivity contribution in [3.63, 3.8) is 0 Å². The molecule has 0 atom stereocenters. The average molecular weight is 268 g/mol. The van der Waals surface area contributed by atoms with E-state index < -0.39 is 5.92 Å². The molecule has 0 heterocycles. The Kier molecular flexibility index (Phi) is 9.50. The van der Waals surface area contributed by atoms with Crippen molar-refractivity contribution in [3.8, 4) is 0 Å². The Labute approximate surface area is 106 Å². The van der Waals surface area contributed by atoms with Crippen LogP contribution >= 0.6 is 11.8 Å². The van der Waals surface area contributed by atoms with Crippen LogP contribution in [0.1, 0.15) is 46.0 Å². The highest BCUT2D eigenvalue weighted by Crippen LogP contribution is 2.20. The van der Waals surface area contributed by atoms with E-state index in [1.54, 1.807) is 18.7 Å². The van der Waals surface area contributed by atoms with Crippen LogP contribution in [0, 0.1) is 0 Å². The van der Waals surface area contributed by atoms with Crippen LogP contribution in [0.2, 0.25) is 0 Å². The Morgan fingerprint density at radius 3 is 2.53 bits per heavy atom. The molecular weight excluding hydrogens is 246 g/mol. The van der Waals surface area contributed by atoms with Crippen molar-refractivity contribution in [1.82, 2.24) is 0 Å². The first-order valence-electron chi connectivity index (χ1n) is 6.07. The van der Waals surface area contributed by atoms with Crippen LogP contribution in [0.4, 0.5) is 8.78 Å². The minimum absolute atomic E-state index is 0.0220. The first-order valence-corrected chi connectivity index (χ1v) is 7.22. The number of carbonyl (C=O) groups excluding carboxylic acids is 1. The molecule has 0 saturated carbocycles. The number of halogens is 2. The van der Waals surface area contributed by atoms with Gasteiger partial charge in [0.2, 0.25) is 5.92 Å². The lowest BCUT2D eigenvalue weighted by Crippen LogP contribution is -2.08. The van der Waals surface area contributed by atoms with E-state index in [-0.39, 0.29) is 12.4 Å². The molecule has 0 aliphatic rings. The minimum Gasteiger partial charge on any atom is -0.465 e. The van der Waals surface area contributed by atoms with E-state index in [1.807, 2.05) is 0 Å². The number of hydrogen-bond donors (Lipinski definition) is 0. The lowest BCUT2D eigenvalue weighted by molar-refractivity contribution is -0.142. The molecule has 0 rings (SSSR count). The molecule has 0 spiro atoms. The van der Waals surface area contributed by atoms with Gasteiger partial charge >= 0.3 is 5.97 Å². The predicted octanol–water partition coefficient (Wildman–Crippen LogP) is 3.89. The predicted molar refractivity (Wildman–Crippen MR) is 67.7 cm³/mol. The number of unbranched alkanes of at least 4 members (excludes halogenated alkanes) is 2. The molecule has 0 saturated heterocycles. The molecule has 0 amide bonds. The maximum atomic E-state index is 12.5. The Morgan fingerprint density at radius 2 is 1.94 bits per heavy atom. The van der Waals surface area contributed by atoms with Gasteiger partial charge in [0.15, 0.2) is 0 Å². The van der Waals surface area contributed by atoms with Gasteiger partial charge in [-0.1, -0.05) is 13.3 Å². The summed E-state index contributed by atoms with van der Waals surface area (Å²) in [6, 6.07) is 0. The van der Waals surface area contributed by atoms with E-state index in [4.69, 9.17) is 4.74 Å². The van der Waals surface area contributed by atoms with Gasteiger partial charge in [0.1, 0.15) is 6.61 Å². The molecule has 0 unspecified atom stereocenters. The highest BCUT2D eigenvalue weighted by atomic mass is 32.2. The van der Waals surface area contributed by atoms with Crippen LogP contribution in [0.15, 0.2) is 0 Å². The maximum Gasteiger partial charge on any atom is 0.305 e. The van der Waals surface area contributed by atoms with E-state index in [2.05, 4.69) is 0 Å². The monoisotopic (exact) mass is 268 g/mol. The van der Waals surface area contributed by atoms with Gasteiger partial charge in [-0.25, -0.2) is 8.78 Å². The van der Waals surface area contributed by atoms with Crippen LogP contribution < -0.4 is 0 Å². The molecule has 102 valence electrons. The number of hydrogen-bond acceptors (Lipinski definition) is 3. The topological polar surface area (TPSA) is 26.3 Å². The van der Waals surface area contributed by atoms with Gasteiger partial charge < -0.3 is 4.74 Å². The van der Waals surface area contributed by atoms with Crippen LogP contribution in [0.3, 0.4) is 0 Å². The van der Waals surface area contributed by atoms with Gasteiger partial charge in [-0.2, -0.15) is 11.8 Å². The fourth-order valence-corrected chi connectivity index (χ4v) is 2.05. The molecule has 17 heavy (non-hydrogen) atoms. The van der Waals surface area contributed by atoms with E-state index in [0.717, 1.165) is 31.3 Å². The molecule has 0 N–H and O–H groups in total. The maximum absolute atomic E-state index is 12.5. The van der Waals surface area contributed by atoms with Crippen LogP contribution in [0.25, 0.3) is 0 Å². The van der Waals surface area contributed by atoms with Crippen molar-refractivity contribution in [2.24, 2.45) is 0 Å².